The molecule has 1 heterocycles. The minimum absolute atomic E-state index is 0.131. The molecule has 4 nitrogen and oxygen atoms in total. The molecule has 0 spiro atoms. The Morgan fingerprint density at radius 3 is 2.62 bits per heavy atom. The number of rotatable bonds is 3. The molecule has 0 aliphatic carbocycles. The van der Waals surface area contributed by atoms with E-state index >= 15 is 0 Å². The van der Waals surface area contributed by atoms with Gasteiger partial charge in [-0.05, 0) is 24.6 Å². The first-order valence-electron chi connectivity index (χ1n) is 4.97. The minimum atomic E-state index is -0.131. The molecule has 0 aliphatic rings. The quantitative estimate of drug-likeness (QED) is 0.834. The normalized spacial score (nSPS) is 12.6. The molecule has 1 N–H and O–H groups in total. The number of benzene rings is 1. The number of phenolic OH excluding ortho intramolecular Hbond substituents is 1. The first-order chi connectivity index (χ1) is 7.65. The van der Waals surface area contributed by atoms with Gasteiger partial charge in [0.05, 0.1) is 18.1 Å². The zero-order valence-electron chi connectivity index (χ0n) is 8.84. The molecule has 1 unspecified atom stereocenters. The van der Waals surface area contributed by atoms with Gasteiger partial charge in [0, 0.05) is 0 Å². The first-order valence-corrected chi connectivity index (χ1v) is 5.41. The van der Waals surface area contributed by atoms with Gasteiger partial charge in [-0.3, -0.25) is 0 Å². The summed E-state index contributed by atoms with van der Waals surface area (Å²) in [6, 6.07) is 7.00. The maximum Gasteiger partial charge on any atom is 0.115 e. The van der Waals surface area contributed by atoms with Crippen LogP contribution in [-0.2, 0) is 6.54 Å². The number of nitrogens with zero attached hydrogens (tertiary/aromatic N) is 3. The average molecular weight is 238 g/mol. The van der Waals surface area contributed by atoms with Crippen LogP contribution in [0.4, 0.5) is 0 Å². The Morgan fingerprint density at radius 1 is 1.38 bits per heavy atom. The van der Waals surface area contributed by atoms with Gasteiger partial charge in [0.2, 0.25) is 0 Å². The maximum atomic E-state index is 9.15. The van der Waals surface area contributed by atoms with Crippen LogP contribution in [-0.4, -0.2) is 20.1 Å². The van der Waals surface area contributed by atoms with Gasteiger partial charge in [0.25, 0.3) is 0 Å². The molecule has 1 atom stereocenters. The van der Waals surface area contributed by atoms with Crippen molar-refractivity contribution in [3.63, 3.8) is 0 Å². The van der Waals surface area contributed by atoms with Crippen LogP contribution in [0.25, 0.3) is 0 Å². The van der Waals surface area contributed by atoms with E-state index in [1.54, 1.807) is 16.8 Å². The number of aromatic hydroxyl groups is 1. The minimum Gasteiger partial charge on any atom is -0.508 e. The fourth-order valence-electron chi connectivity index (χ4n) is 1.36. The van der Waals surface area contributed by atoms with Gasteiger partial charge in [-0.1, -0.05) is 17.3 Å². The summed E-state index contributed by atoms with van der Waals surface area (Å²) in [6.07, 6.45) is 1.82. The van der Waals surface area contributed by atoms with Crippen LogP contribution >= 0.6 is 11.6 Å². The third-order valence-electron chi connectivity index (χ3n) is 2.24. The highest BCUT2D eigenvalue weighted by atomic mass is 35.5. The van der Waals surface area contributed by atoms with E-state index in [4.69, 9.17) is 16.7 Å². The highest BCUT2D eigenvalue weighted by molar-refractivity contribution is 6.20. The van der Waals surface area contributed by atoms with E-state index in [1.807, 2.05) is 25.3 Å². The lowest BCUT2D eigenvalue weighted by Crippen LogP contribution is -1.99. The zero-order valence-corrected chi connectivity index (χ0v) is 9.59. The van der Waals surface area contributed by atoms with E-state index in [1.165, 1.54) is 0 Å². The Labute approximate surface area is 98.5 Å². The predicted molar refractivity (Wildman–Crippen MR) is 61.5 cm³/mol. The number of aromatic nitrogens is 3. The molecule has 0 saturated heterocycles. The van der Waals surface area contributed by atoms with Crippen LogP contribution in [0.3, 0.4) is 0 Å². The Balaban J connectivity index is 2.11. The molecule has 1 aromatic carbocycles. The summed E-state index contributed by atoms with van der Waals surface area (Å²) >= 11 is 5.89. The summed E-state index contributed by atoms with van der Waals surface area (Å²) in [5, 5.41) is 17.0. The van der Waals surface area contributed by atoms with Gasteiger partial charge >= 0.3 is 0 Å². The predicted octanol–water partition coefficient (Wildman–Crippen LogP) is 2.33. The van der Waals surface area contributed by atoms with E-state index in [0.29, 0.717) is 6.54 Å². The highest BCUT2D eigenvalue weighted by Crippen LogP contribution is 2.16. The Hall–Kier alpha value is -1.55. The topological polar surface area (TPSA) is 50.9 Å². The van der Waals surface area contributed by atoms with Crippen molar-refractivity contribution in [1.82, 2.24) is 15.0 Å². The summed E-state index contributed by atoms with van der Waals surface area (Å²) in [7, 11) is 0. The number of halogens is 1. The molecule has 2 aromatic rings. The van der Waals surface area contributed by atoms with E-state index in [9.17, 15) is 0 Å². The maximum absolute atomic E-state index is 9.15. The summed E-state index contributed by atoms with van der Waals surface area (Å²) in [5.74, 6) is 0.261. The molecule has 0 amide bonds. The molecule has 0 saturated carbocycles. The monoisotopic (exact) mass is 237 g/mol. The lowest BCUT2D eigenvalue weighted by molar-refractivity contribution is 0.475. The number of hydrogen-bond donors (Lipinski definition) is 1. The van der Waals surface area contributed by atoms with Gasteiger partial charge in [-0.15, -0.1) is 16.7 Å². The molecule has 0 radical (unpaired) electrons. The van der Waals surface area contributed by atoms with Crippen LogP contribution in [0.5, 0.6) is 5.75 Å². The van der Waals surface area contributed by atoms with Crippen LogP contribution in [0.15, 0.2) is 30.5 Å². The van der Waals surface area contributed by atoms with E-state index in [0.717, 1.165) is 11.3 Å². The second kappa shape index (κ2) is 4.53. The fraction of sp³-hybridized carbons (Fsp3) is 0.273. The van der Waals surface area contributed by atoms with Crippen LogP contribution in [0.2, 0.25) is 0 Å². The van der Waals surface area contributed by atoms with Crippen molar-refractivity contribution < 1.29 is 5.11 Å². The van der Waals surface area contributed by atoms with E-state index in [-0.39, 0.29) is 11.1 Å². The molecule has 2 rings (SSSR count). The Bertz CT molecular complexity index is 464. The van der Waals surface area contributed by atoms with Crippen molar-refractivity contribution in [2.24, 2.45) is 0 Å². The first kappa shape index (κ1) is 11.0. The summed E-state index contributed by atoms with van der Waals surface area (Å²) < 4.78 is 1.72. The number of alkyl halides is 1. The van der Waals surface area contributed by atoms with Gasteiger partial charge in [0.1, 0.15) is 11.4 Å². The second-order valence-corrected chi connectivity index (χ2v) is 4.28. The lowest BCUT2D eigenvalue weighted by atomic mass is 10.2. The van der Waals surface area contributed by atoms with Gasteiger partial charge in [-0.25, -0.2) is 4.68 Å². The molecular formula is C11H12ClN3O. The third kappa shape index (κ3) is 2.52. The largest absolute Gasteiger partial charge is 0.508 e. The standard InChI is InChI=1S/C11H12ClN3O/c1-8(12)11-7-15(14-13-11)6-9-2-4-10(16)5-3-9/h2-5,7-8,16H,6H2,1H3. The van der Waals surface area contributed by atoms with Crippen molar-refractivity contribution >= 4 is 11.6 Å². The van der Waals surface area contributed by atoms with Gasteiger partial charge in [0.15, 0.2) is 0 Å². The molecule has 0 aliphatic heterocycles. The van der Waals surface area contributed by atoms with Crippen LogP contribution in [0.1, 0.15) is 23.6 Å². The second-order valence-electron chi connectivity index (χ2n) is 3.62. The number of hydrogen-bond acceptors (Lipinski definition) is 3. The molecule has 1 aromatic heterocycles. The van der Waals surface area contributed by atoms with Crippen molar-refractivity contribution in [2.45, 2.75) is 18.8 Å². The van der Waals surface area contributed by atoms with Crippen LogP contribution < -0.4 is 0 Å². The van der Waals surface area contributed by atoms with Crippen molar-refractivity contribution in [3.8, 4) is 5.75 Å². The van der Waals surface area contributed by atoms with Gasteiger partial charge in [-0.2, -0.15) is 0 Å². The molecule has 0 bridgehead atoms. The van der Waals surface area contributed by atoms with Gasteiger partial charge < -0.3 is 5.11 Å². The van der Waals surface area contributed by atoms with Crippen molar-refractivity contribution in [1.29, 1.82) is 0 Å². The summed E-state index contributed by atoms with van der Waals surface area (Å²) in [4.78, 5) is 0. The van der Waals surface area contributed by atoms with Crippen LogP contribution in [0, 0.1) is 0 Å². The molecule has 0 fully saturated rings. The molecule has 5 heteroatoms. The molecule has 16 heavy (non-hydrogen) atoms. The molecular weight excluding hydrogens is 226 g/mol. The average Bonchev–Trinajstić information content (AvgIpc) is 2.70. The number of phenols is 1. The highest BCUT2D eigenvalue weighted by Gasteiger charge is 2.06. The summed E-state index contributed by atoms with van der Waals surface area (Å²) in [6.45, 7) is 2.48. The Kier molecular flexibility index (Phi) is 3.10. The zero-order chi connectivity index (χ0) is 11.5. The summed E-state index contributed by atoms with van der Waals surface area (Å²) in [5.41, 5.74) is 1.82. The Morgan fingerprint density at radius 2 is 2.06 bits per heavy atom. The lowest BCUT2D eigenvalue weighted by Gasteiger charge is -2.00. The fourth-order valence-corrected chi connectivity index (χ4v) is 1.46. The van der Waals surface area contributed by atoms with Crippen molar-refractivity contribution in [3.05, 3.63) is 41.7 Å². The molecule has 84 valence electrons. The van der Waals surface area contributed by atoms with E-state index in [2.05, 4.69) is 10.3 Å². The van der Waals surface area contributed by atoms with E-state index < -0.39 is 0 Å². The van der Waals surface area contributed by atoms with Crippen molar-refractivity contribution in [2.75, 3.05) is 0 Å². The SMILES string of the molecule is CC(Cl)c1cn(Cc2ccc(O)cc2)nn1. The third-order valence-corrected chi connectivity index (χ3v) is 2.47. The smallest absolute Gasteiger partial charge is 0.115 e.